The number of piperidine rings is 1. The summed E-state index contributed by atoms with van der Waals surface area (Å²) in [5.41, 5.74) is 7.19. The highest BCUT2D eigenvalue weighted by atomic mass is 16.6. The van der Waals surface area contributed by atoms with Gasteiger partial charge in [-0.05, 0) is 57.9 Å². The van der Waals surface area contributed by atoms with Crippen LogP contribution in [0.25, 0.3) is 0 Å². The van der Waals surface area contributed by atoms with Gasteiger partial charge in [0.05, 0.1) is 0 Å². The van der Waals surface area contributed by atoms with Crippen LogP contribution in [0.4, 0.5) is 4.79 Å². The molecule has 2 atom stereocenters. The molecule has 1 aliphatic heterocycles. The molecule has 1 aromatic carbocycles. The van der Waals surface area contributed by atoms with Gasteiger partial charge in [-0.1, -0.05) is 30.3 Å². The van der Waals surface area contributed by atoms with Crippen molar-refractivity contribution in [2.24, 2.45) is 11.7 Å². The number of amides is 1. The summed E-state index contributed by atoms with van der Waals surface area (Å²) in [6, 6.07) is 10.7. The predicted molar refractivity (Wildman–Crippen MR) is 93.3 cm³/mol. The largest absolute Gasteiger partial charge is 0.444 e. The maximum Gasteiger partial charge on any atom is 0.410 e. The fourth-order valence-electron chi connectivity index (χ4n) is 3.06. The molecule has 0 aromatic heterocycles. The molecule has 1 saturated heterocycles. The van der Waals surface area contributed by atoms with Gasteiger partial charge in [0, 0.05) is 19.1 Å². The minimum atomic E-state index is -0.445. The van der Waals surface area contributed by atoms with Crippen molar-refractivity contribution in [3.05, 3.63) is 35.9 Å². The lowest BCUT2D eigenvalue weighted by atomic mass is 9.88. The zero-order chi connectivity index (χ0) is 16.9. The minimum absolute atomic E-state index is 0.185. The Morgan fingerprint density at radius 1 is 1.30 bits per heavy atom. The topological polar surface area (TPSA) is 55.6 Å². The fraction of sp³-hybridized carbons (Fsp3) is 0.632. The SMILES string of the molecule is CC(C)(C)OC(=O)N1CC[C@@H](N)[C@@H](CCCc2ccccc2)C1. The van der Waals surface area contributed by atoms with E-state index in [4.69, 9.17) is 10.5 Å². The molecule has 0 spiro atoms. The zero-order valence-corrected chi connectivity index (χ0v) is 14.6. The van der Waals surface area contributed by atoms with Crippen LogP contribution < -0.4 is 5.73 Å². The summed E-state index contributed by atoms with van der Waals surface area (Å²) in [5.74, 6) is 0.361. The van der Waals surface area contributed by atoms with E-state index in [2.05, 4.69) is 24.3 Å². The van der Waals surface area contributed by atoms with Crippen LogP contribution in [0.1, 0.15) is 45.6 Å². The first-order chi connectivity index (χ1) is 10.8. The van der Waals surface area contributed by atoms with E-state index in [0.29, 0.717) is 19.0 Å². The number of hydrogen-bond acceptors (Lipinski definition) is 3. The van der Waals surface area contributed by atoms with Crippen LogP contribution in [0.15, 0.2) is 30.3 Å². The fourth-order valence-corrected chi connectivity index (χ4v) is 3.06. The average Bonchev–Trinajstić information content (AvgIpc) is 2.48. The second kappa shape index (κ2) is 7.82. The molecule has 1 aromatic rings. The van der Waals surface area contributed by atoms with Crippen molar-refractivity contribution < 1.29 is 9.53 Å². The van der Waals surface area contributed by atoms with E-state index in [1.807, 2.05) is 31.7 Å². The zero-order valence-electron chi connectivity index (χ0n) is 14.6. The molecule has 0 bridgehead atoms. The van der Waals surface area contributed by atoms with Gasteiger partial charge in [0.15, 0.2) is 0 Å². The molecule has 1 heterocycles. The third-order valence-electron chi connectivity index (χ3n) is 4.33. The van der Waals surface area contributed by atoms with Crippen LogP contribution in [0, 0.1) is 5.92 Å². The normalized spacial score (nSPS) is 22.0. The second-order valence-corrected chi connectivity index (χ2v) is 7.52. The van der Waals surface area contributed by atoms with Gasteiger partial charge >= 0.3 is 6.09 Å². The molecule has 0 saturated carbocycles. The smallest absolute Gasteiger partial charge is 0.410 e. The van der Waals surface area contributed by atoms with Gasteiger partial charge in [0.2, 0.25) is 0 Å². The van der Waals surface area contributed by atoms with Crippen molar-refractivity contribution in [1.82, 2.24) is 4.90 Å². The Bertz CT molecular complexity index is 496. The Kier molecular flexibility index (Phi) is 6.05. The van der Waals surface area contributed by atoms with E-state index in [9.17, 15) is 4.79 Å². The van der Waals surface area contributed by atoms with Gasteiger partial charge in [0.25, 0.3) is 0 Å². The summed E-state index contributed by atoms with van der Waals surface area (Å²) in [6.45, 7) is 7.11. The lowest BCUT2D eigenvalue weighted by Gasteiger charge is -2.37. The van der Waals surface area contributed by atoms with E-state index < -0.39 is 5.60 Å². The molecule has 128 valence electrons. The first-order valence-electron chi connectivity index (χ1n) is 8.62. The lowest BCUT2D eigenvalue weighted by molar-refractivity contribution is 0.0142. The number of aryl methyl sites for hydroxylation is 1. The van der Waals surface area contributed by atoms with Gasteiger partial charge < -0.3 is 15.4 Å². The molecule has 1 amide bonds. The van der Waals surface area contributed by atoms with Crippen molar-refractivity contribution >= 4 is 6.09 Å². The van der Waals surface area contributed by atoms with E-state index in [1.165, 1.54) is 5.56 Å². The standard InChI is InChI=1S/C19H30N2O2/c1-19(2,3)23-18(22)21-13-12-17(20)16(14-21)11-7-10-15-8-5-4-6-9-15/h4-6,8-9,16-17H,7,10-14,20H2,1-3H3/t16-,17+/m0/s1. The number of likely N-dealkylation sites (tertiary alicyclic amines) is 1. The quantitative estimate of drug-likeness (QED) is 0.923. The van der Waals surface area contributed by atoms with Crippen LogP contribution in [0.3, 0.4) is 0 Å². The number of nitrogens with two attached hydrogens (primary N) is 1. The Balaban J connectivity index is 1.82. The molecule has 2 rings (SSSR count). The maximum absolute atomic E-state index is 12.2. The molecule has 1 aliphatic rings. The van der Waals surface area contributed by atoms with Crippen molar-refractivity contribution in [3.63, 3.8) is 0 Å². The highest BCUT2D eigenvalue weighted by Gasteiger charge is 2.31. The molecule has 0 aliphatic carbocycles. The minimum Gasteiger partial charge on any atom is -0.444 e. The molecule has 2 N–H and O–H groups in total. The molecular formula is C19H30N2O2. The third kappa shape index (κ3) is 5.87. The van der Waals surface area contributed by atoms with E-state index in [1.54, 1.807) is 0 Å². The van der Waals surface area contributed by atoms with Crippen molar-refractivity contribution in [2.45, 2.75) is 58.1 Å². The molecule has 1 fully saturated rings. The van der Waals surface area contributed by atoms with E-state index in [-0.39, 0.29) is 12.1 Å². The Morgan fingerprint density at radius 2 is 2.00 bits per heavy atom. The van der Waals surface area contributed by atoms with Crippen LogP contribution in [0.2, 0.25) is 0 Å². The van der Waals surface area contributed by atoms with E-state index in [0.717, 1.165) is 25.7 Å². The Morgan fingerprint density at radius 3 is 2.65 bits per heavy atom. The molecular weight excluding hydrogens is 288 g/mol. The monoisotopic (exact) mass is 318 g/mol. The predicted octanol–water partition coefficient (Wildman–Crippen LogP) is 3.59. The molecule has 23 heavy (non-hydrogen) atoms. The number of benzene rings is 1. The molecule has 4 heteroatoms. The number of nitrogens with zero attached hydrogens (tertiary/aromatic N) is 1. The van der Waals surface area contributed by atoms with Gasteiger partial charge in [-0.2, -0.15) is 0 Å². The summed E-state index contributed by atoms with van der Waals surface area (Å²) >= 11 is 0. The number of carbonyl (C=O) groups is 1. The Labute approximate surface area is 140 Å². The van der Waals surface area contributed by atoms with Gasteiger partial charge in [0.1, 0.15) is 5.60 Å². The van der Waals surface area contributed by atoms with Crippen LogP contribution >= 0.6 is 0 Å². The summed E-state index contributed by atoms with van der Waals surface area (Å²) in [5, 5.41) is 0. The first-order valence-corrected chi connectivity index (χ1v) is 8.62. The lowest BCUT2D eigenvalue weighted by Crippen LogP contribution is -2.50. The average molecular weight is 318 g/mol. The highest BCUT2D eigenvalue weighted by Crippen LogP contribution is 2.23. The summed E-state index contributed by atoms with van der Waals surface area (Å²) < 4.78 is 5.48. The van der Waals surface area contributed by atoms with Crippen LogP contribution in [-0.4, -0.2) is 35.7 Å². The van der Waals surface area contributed by atoms with Crippen molar-refractivity contribution in [3.8, 4) is 0 Å². The van der Waals surface area contributed by atoms with Crippen molar-refractivity contribution in [2.75, 3.05) is 13.1 Å². The van der Waals surface area contributed by atoms with Crippen LogP contribution in [-0.2, 0) is 11.2 Å². The molecule has 0 radical (unpaired) electrons. The number of carbonyl (C=O) groups excluding carboxylic acids is 1. The number of hydrogen-bond donors (Lipinski definition) is 1. The van der Waals surface area contributed by atoms with E-state index >= 15 is 0 Å². The molecule has 4 nitrogen and oxygen atoms in total. The Hall–Kier alpha value is -1.55. The van der Waals surface area contributed by atoms with Crippen LogP contribution in [0.5, 0.6) is 0 Å². The molecule has 0 unspecified atom stereocenters. The summed E-state index contributed by atoms with van der Waals surface area (Å²) in [7, 11) is 0. The van der Waals surface area contributed by atoms with Gasteiger partial charge in [-0.3, -0.25) is 0 Å². The number of rotatable bonds is 4. The van der Waals surface area contributed by atoms with Gasteiger partial charge in [-0.25, -0.2) is 4.79 Å². The second-order valence-electron chi connectivity index (χ2n) is 7.52. The third-order valence-corrected chi connectivity index (χ3v) is 4.33. The maximum atomic E-state index is 12.2. The highest BCUT2D eigenvalue weighted by molar-refractivity contribution is 5.68. The van der Waals surface area contributed by atoms with Crippen molar-refractivity contribution in [1.29, 1.82) is 0 Å². The first kappa shape index (κ1) is 17.8. The summed E-state index contributed by atoms with van der Waals surface area (Å²) in [6.07, 6.45) is 3.86. The van der Waals surface area contributed by atoms with Gasteiger partial charge in [-0.15, -0.1) is 0 Å². The summed E-state index contributed by atoms with van der Waals surface area (Å²) in [4.78, 5) is 14.0. The number of ether oxygens (including phenoxy) is 1.